The number of likely N-dealkylation sites (N-methyl/N-ethyl adjacent to an activating group) is 3. The second-order valence-electron chi connectivity index (χ2n) is 4.98. The smallest absolute Gasteiger partial charge is 0.233 e. The molecule has 0 rings (SSSR count). The molecule has 0 bridgehead atoms. The van der Waals surface area contributed by atoms with E-state index in [1.807, 2.05) is 25.8 Å². The summed E-state index contributed by atoms with van der Waals surface area (Å²) in [5.41, 5.74) is 0. The first-order valence-corrected chi connectivity index (χ1v) is 8.18. The lowest BCUT2D eigenvalue weighted by Crippen LogP contribution is -2.37. The summed E-state index contributed by atoms with van der Waals surface area (Å²) in [6.07, 6.45) is 6.23. The summed E-state index contributed by atoms with van der Waals surface area (Å²) in [5.74, 6) is 0.697. The third-order valence-corrected chi connectivity index (χ3v) is 2.95. The van der Waals surface area contributed by atoms with Gasteiger partial charge in [0, 0.05) is 26.7 Å². The van der Waals surface area contributed by atoms with Crippen LogP contribution in [0.25, 0.3) is 0 Å². The van der Waals surface area contributed by atoms with Crippen LogP contribution in [-0.2, 0) is 9.53 Å². The van der Waals surface area contributed by atoms with E-state index in [2.05, 4.69) is 30.4 Å². The largest absolute Gasteiger partial charge is 0.494 e. The molecule has 5 heteroatoms. The van der Waals surface area contributed by atoms with Gasteiger partial charge < -0.3 is 15.0 Å². The molecule has 23 heavy (non-hydrogen) atoms. The highest BCUT2D eigenvalue weighted by Crippen LogP contribution is 1.98. The minimum Gasteiger partial charge on any atom is -0.494 e. The lowest BCUT2D eigenvalue weighted by atomic mass is 10.4. The zero-order valence-corrected chi connectivity index (χ0v) is 15.6. The van der Waals surface area contributed by atoms with Crippen LogP contribution >= 0.6 is 0 Å². The maximum atomic E-state index is 11.2. The van der Waals surface area contributed by atoms with Crippen LogP contribution in [0.3, 0.4) is 0 Å². The predicted octanol–water partition coefficient (Wildman–Crippen LogP) is 2.28. The summed E-state index contributed by atoms with van der Waals surface area (Å²) >= 11 is 0. The lowest BCUT2D eigenvalue weighted by Gasteiger charge is -2.21. The standard InChI is InChI=1S/C16H29N3O2.C2H6/c1-6-7-9-15(2)21-13-8-10-18(4)11-12-19(5)14-16(20)17-3;1-2/h6-7,9H,1-2,8,10-14H2,3-5H3,(H,17,20);1-2H3/b9-7-;. The van der Waals surface area contributed by atoms with E-state index < -0.39 is 0 Å². The average molecular weight is 325 g/mol. The van der Waals surface area contributed by atoms with E-state index in [4.69, 9.17) is 4.74 Å². The van der Waals surface area contributed by atoms with Crippen LogP contribution in [0.2, 0.25) is 0 Å². The van der Waals surface area contributed by atoms with Gasteiger partial charge in [0.2, 0.25) is 5.91 Å². The molecule has 1 N–H and O–H groups in total. The van der Waals surface area contributed by atoms with Crippen LogP contribution in [0.15, 0.2) is 37.1 Å². The number of hydrogen-bond acceptors (Lipinski definition) is 4. The van der Waals surface area contributed by atoms with Gasteiger partial charge >= 0.3 is 0 Å². The van der Waals surface area contributed by atoms with Crippen LogP contribution in [0, 0.1) is 0 Å². The molecular formula is C18H35N3O2. The molecule has 0 saturated carbocycles. The maximum absolute atomic E-state index is 11.2. The number of amides is 1. The summed E-state index contributed by atoms with van der Waals surface area (Å²) in [6, 6.07) is 0. The zero-order valence-electron chi connectivity index (χ0n) is 15.6. The van der Waals surface area contributed by atoms with Gasteiger partial charge in [-0.25, -0.2) is 0 Å². The number of carbonyl (C=O) groups is 1. The van der Waals surface area contributed by atoms with Crippen molar-refractivity contribution in [2.75, 3.05) is 53.9 Å². The molecule has 0 atom stereocenters. The zero-order chi connectivity index (χ0) is 18.1. The maximum Gasteiger partial charge on any atom is 0.233 e. The molecule has 0 unspecified atom stereocenters. The molecule has 0 aromatic heterocycles. The summed E-state index contributed by atoms with van der Waals surface area (Å²) < 4.78 is 5.47. The fourth-order valence-electron chi connectivity index (χ4n) is 1.62. The van der Waals surface area contributed by atoms with Crippen molar-refractivity contribution in [2.24, 2.45) is 0 Å². The molecule has 0 aliphatic rings. The Morgan fingerprint density at radius 2 is 1.78 bits per heavy atom. The van der Waals surface area contributed by atoms with E-state index in [0.717, 1.165) is 26.1 Å². The van der Waals surface area contributed by atoms with Crippen LogP contribution < -0.4 is 5.32 Å². The number of ether oxygens (including phenoxy) is 1. The van der Waals surface area contributed by atoms with Crippen molar-refractivity contribution in [2.45, 2.75) is 20.3 Å². The van der Waals surface area contributed by atoms with Crippen molar-refractivity contribution < 1.29 is 9.53 Å². The van der Waals surface area contributed by atoms with E-state index in [1.54, 1.807) is 25.3 Å². The summed E-state index contributed by atoms with van der Waals surface area (Å²) in [5, 5.41) is 2.62. The van der Waals surface area contributed by atoms with Crippen molar-refractivity contribution in [1.82, 2.24) is 15.1 Å². The topological polar surface area (TPSA) is 44.8 Å². The molecule has 134 valence electrons. The van der Waals surface area contributed by atoms with Crippen LogP contribution in [0.5, 0.6) is 0 Å². The number of allylic oxidation sites excluding steroid dienone is 3. The molecular weight excluding hydrogens is 290 g/mol. The van der Waals surface area contributed by atoms with Gasteiger partial charge in [0.1, 0.15) is 5.76 Å². The quantitative estimate of drug-likeness (QED) is 0.340. The van der Waals surface area contributed by atoms with E-state index in [0.29, 0.717) is 18.9 Å². The number of rotatable bonds is 12. The Morgan fingerprint density at radius 1 is 1.17 bits per heavy atom. The van der Waals surface area contributed by atoms with E-state index in [1.165, 1.54) is 0 Å². The highest BCUT2D eigenvalue weighted by atomic mass is 16.5. The molecule has 0 fully saturated rings. The summed E-state index contributed by atoms with van der Waals surface area (Å²) in [7, 11) is 5.67. The lowest BCUT2D eigenvalue weighted by molar-refractivity contribution is -0.121. The summed E-state index contributed by atoms with van der Waals surface area (Å²) in [6.45, 7) is 15.2. The van der Waals surface area contributed by atoms with Gasteiger partial charge in [-0.15, -0.1) is 0 Å². The van der Waals surface area contributed by atoms with E-state index >= 15 is 0 Å². The second-order valence-corrected chi connectivity index (χ2v) is 4.98. The summed E-state index contributed by atoms with van der Waals surface area (Å²) in [4.78, 5) is 15.4. The van der Waals surface area contributed by atoms with E-state index in [-0.39, 0.29) is 5.91 Å². The predicted molar refractivity (Wildman–Crippen MR) is 99.5 cm³/mol. The molecule has 0 saturated heterocycles. The van der Waals surface area contributed by atoms with Crippen molar-refractivity contribution in [1.29, 1.82) is 0 Å². The molecule has 0 radical (unpaired) electrons. The molecule has 0 aromatic carbocycles. The van der Waals surface area contributed by atoms with Crippen molar-refractivity contribution in [3.63, 3.8) is 0 Å². The van der Waals surface area contributed by atoms with Gasteiger partial charge in [-0.3, -0.25) is 9.69 Å². The Bertz CT molecular complexity index is 354. The number of carbonyl (C=O) groups excluding carboxylic acids is 1. The Balaban J connectivity index is 0. The van der Waals surface area contributed by atoms with Gasteiger partial charge in [-0.1, -0.05) is 39.2 Å². The highest BCUT2D eigenvalue weighted by Gasteiger charge is 2.05. The van der Waals surface area contributed by atoms with Crippen LogP contribution in [0.1, 0.15) is 20.3 Å². The first-order valence-electron chi connectivity index (χ1n) is 8.18. The van der Waals surface area contributed by atoms with Crippen LogP contribution in [-0.4, -0.2) is 69.6 Å². The van der Waals surface area contributed by atoms with Crippen molar-refractivity contribution >= 4 is 5.91 Å². The fraction of sp³-hybridized carbons (Fsp3) is 0.611. The van der Waals surface area contributed by atoms with Gasteiger partial charge in [0.05, 0.1) is 13.2 Å². The monoisotopic (exact) mass is 325 g/mol. The van der Waals surface area contributed by atoms with Gasteiger partial charge in [0.15, 0.2) is 0 Å². The van der Waals surface area contributed by atoms with Gasteiger partial charge in [0.25, 0.3) is 0 Å². The number of hydrogen-bond donors (Lipinski definition) is 1. The van der Waals surface area contributed by atoms with Gasteiger partial charge in [-0.05, 0) is 26.6 Å². The SMILES string of the molecule is C=C/C=C\C(=C)OCCCN(C)CCN(C)CC(=O)NC.CC. The minimum atomic E-state index is 0.0413. The molecule has 0 aromatic rings. The third kappa shape index (κ3) is 16.6. The number of nitrogens with one attached hydrogen (secondary N) is 1. The van der Waals surface area contributed by atoms with E-state index in [9.17, 15) is 4.79 Å². The molecule has 0 heterocycles. The van der Waals surface area contributed by atoms with Crippen molar-refractivity contribution in [3.05, 3.63) is 37.1 Å². The Kier molecular flexibility index (Phi) is 17.3. The first-order chi connectivity index (χ1) is 11.0. The molecule has 0 aliphatic carbocycles. The molecule has 0 aliphatic heterocycles. The van der Waals surface area contributed by atoms with Gasteiger partial charge in [-0.2, -0.15) is 0 Å². The fourth-order valence-corrected chi connectivity index (χ4v) is 1.62. The normalized spacial score (nSPS) is 10.4. The third-order valence-electron chi connectivity index (χ3n) is 2.95. The molecule has 5 nitrogen and oxygen atoms in total. The first kappa shape index (κ1) is 23.7. The minimum absolute atomic E-state index is 0.0413. The Morgan fingerprint density at radius 3 is 2.35 bits per heavy atom. The molecule has 0 spiro atoms. The van der Waals surface area contributed by atoms with Crippen LogP contribution in [0.4, 0.5) is 0 Å². The van der Waals surface area contributed by atoms with Crippen molar-refractivity contribution in [3.8, 4) is 0 Å². The Hall–Kier alpha value is -1.59. The molecule has 1 amide bonds. The highest BCUT2D eigenvalue weighted by molar-refractivity contribution is 5.77. The Labute approximate surface area is 142 Å². The average Bonchev–Trinajstić information content (AvgIpc) is 2.56. The number of nitrogens with zero attached hydrogens (tertiary/aromatic N) is 2. The second kappa shape index (κ2) is 16.8.